The zero-order valence-corrected chi connectivity index (χ0v) is 27.3. The predicted molar refractivity (Wildman–Crippen MR) is 176 cm³/mol. The minimum Gasteiger partial charge on any atom is -0.398 e. The smallest absolute Gasteiger partial charge is 0.282 e. The third kappa shape index (κ3) is 5.30. The Morgan fingerprint density at radius 2 is 1.60 bits per heavy atom. The van der Waals surface area contributed by atoms with Gasteiger partial charge in [0.05, 0.1) is 33.3 Å². The third-order valence-electron chi connectivity index (χ3n) is 9.10. The Bertz CT molecular complexity index is 2180. The summed E-state index contributed by atoms with van der Waals surface area (Å²) in [6, 6.07) is 5.16. The number of hydrogen-bond donors (Lipinski definition) is 1. The first kappa shape index (κ1) is 32.1. The van der Waals surface area contributed by atoms with Crippen molar-refractivity contribution in [3.8, 4) is 16.8 Å². The fourth-order valence-corrected chi connectivity index (χ4v) is 7.87. The van der Waals surface area contributed by atoms with E-state index in [4.69, 9.17) is 17.3 Å². The van der Waals surface area contributed by atoms with E-state index in [1.165, 1.54) is 34.3 Å². The van der Waals surface area contributed by atoms with Gasteiger partial charge in [0.25, 0.3) is 11.5 Å². The quantitative estimate of drug-likeness (QED) is 0.205. The molecule has 3 aliphatic rings. The fraction of sp³-hybridized carbons (Fsp3) is 0.333. The van der Waals surface area contributed by atoms with Crippen LogP contribution < -0.4 is 16.2 Å². The van der Waals surface area contributed by atoms with Crippen molar-refractivity contribution in [2.75, 3.05) is 43.1 Å². The Morgan fingerprint density at radius 3 is 2.12 bits per heavy atom. The summed E-state index contributed by atoms with van der Waals surface area (Å²) in [5, 5.41) is -0.322. The van der Waals surface area contributed by atoms with Crippen molar-refractivity contribution in [3.05, 3.63) is 81.4 Å². The van der Waals surface area contributed by atoms with Gasteiger partial charge >= 0.3 is 0 Å². The summed E-state index contributed by atoms with van der Waals surface area (Å²) < 4.78 is 74.8. The molecule has 250 valence electrons. The average molecular weight is 699 g/mol. The highest BCUT2D eigenvalue weighted by molar-refractivity contribution is 7.90. The van der Waals surface area contributed by atoms with E-state index in [-0.39, 0.29) is 76.6 Å². The van der Waals surface area contributed by atoms with E-state index in [1.54, 1.807) is 0 Å². The van der Waals surface area contributed by atoms with Gasteiger partial charge in [-0.2, -0.15) is 0 Å². The van der Waals surface area contributed by atoms with Gasteiger partial charge in [-0.1, -0.05) is 24.2 Å². The van der Waals surface area contributed by atoms with Crippen molar-refractivity contribution in [2.24, 2.45) is 0 Å². The van der Waals surface area contributed by atoms with Gasteiger partial charge < -0.3 is 15.5 Å². The number of sulfone groups is 1. The molecule has 1 amide bonds. The summed E-state index contributed by atoms with van der Waals surface area (Å²) in [6.45, 7) is 2.91. The van der Waals surface area contributed by atoms with Gasteiger partial charge in [0.1, 0.15) is 12.1 Å². The van der Waals surface area contributed by atoms with Crippen LogP contribution in [0.5, 0.6) is 0 Å². The molecule has 2 N–H and O–H groups in total. The van der Waals surface area contributed by atoms with Crippen molar-refractivity contribution < 1.29 is 26.4 Å². The summed E-state index contributed by atoms with van der Waals surface area (Å²) in [4.78, 5) is 38.3. The molecule has 4 aromatic rings. The van der Waals surface area contributed by atoms with Crippen LogP contribution in [0.2, 0.25) is 5.02 Å². The van der Waals surface area contributed by atoms with E-state index in [9.17, 15) is 22.4 Å². The zero-order chi connectivity index (χ0) is 34.2. The maximum atomic E-state index is 17.5. The topological polar surface area (TPSA) is 131 Å². The Morgan fingerprint density at radius 1 is 1.00 bits per heavy atom. The molecule has 48 heavy (non-hydrogen) atoms. The molecule has 2 saturated carbocycles. The van der Waals surface area contributed by atoms with E-state index >= 15 is 8.78 Å². The summed E-state index contributed by atoms with van der Waals surface area (Å²) in [6.07, 6.45) is 5.33. The summed E-state index contributed by atoms with van der Waals surface area (Å²) in [5.74, 6) is -4.13. The Labute approximate surface area is 278 Å². The van der Waals surface area contributed by atoms with E-state index in [1.807, 2.05) is 0 Å². The monoisotopic (exact) mass is 698 g/mol. The molecule has 10 nitrogen and oxygen atoms in total. The molecular weight excluding hydrogens is 669 g/mol. The van der Waals surface area contributed by atoms with Gasteiger partial charge in [0.15, 0.2) is 26.4 Å². The van der Waals surface area contributed by atoms with Crippen LogP contribution in [0.3, 0.4) is 0 Å². The Balaban J connectivity index is 1.61. The number of nitrogens with two attached hydrogens (primary N) is 1. The molecule has 2 aliphatic carbocycles. The fourth-order valence-electron chi connectivity index (χ4n) is 6.58. The first-order chi connectivity index (χ1) is 22.8. The molecule has 0 atom stereocenters. The molecular formula is C33H30ClF3N6O4S. The van der Waals surface area contributed by atoms with Crippen molar-refractivity contribution in [1.82, 2.24) is 19.4 Å². The van der Waals surface area contributed by atoms with Crippen LogP contribution in [0.15, 0.2) is 52.7 Å². The average Bonchev–Trinajstić information content (AvgIpc) is 3.95. The van der Waals surface area contributed by atoms with Crippen LogP contribution in [0, 0.1) is 11.6 Å². The first-order valence-electron chi connectivity index (χ1n) is 15.4. The number of nitrogen functional groups attached to an aromatic ring is 1. The van der Waals surface area contributed by atoms with E-state index < -0.39 is 49.2 Å². The number of nitrogens with zero attached hydrogens (tertiary/aromatic N) is 5. The molecule has 2 aromatic carbocycles. The lowest BCUT2D eigenvalue weighted by Crippen LogP contribution is -2.49. The molecule has 0 bridgehead atoms. The minimum absolute atomic E-state index is 0.0313. The SMILES string of the molecule is C=C(F)C(=O)N1CCN(c2c(S(C)(=O)=O)c(=O)n(-c3c(C4CC4)ncnc3C3CC3)c3c(F)c(-c4c(N)cccc4F)c(Cl)cc23)CC1. The summed E-state index contributed by atoms with van der Waals surface area (Å²) >= 11 is 6.74. The van der Waals surface area contributed by atoms with E-state index in [2.05, 4.69) is 16.5 Å². The molecule has 2 aromatic heterocycles. The first-order valence-corrected chi connectivity index (χ1v) is 17.6. The number of carbonyl (C=O) groups excluding carboxylic acids is 1. The van der Waals surface area contributed by atoms with Crippen LogP contribution in [0.1, 0.15) is 48.9 Å². The number of rotatable bonds is 7. The number of anilines is 2. The highest BCUT2D eigenvalue weighted by Crippen LogP contribution is 2.49. The molecule has 0 radical (unpaired) electrons. The molecule has 3 fully saturated rings. The third-order valence-corrected chi connectivity index (χ3v) is 10.5. The van der Waals surface area contributed by atoms with Gasteiger partial charge in [-0.15, -0.1) is 0 Å². The van der Waals surface area contributed by atoms with Gasteiger partial charge in [0, 0.05) is 66.5 Å². The normalized spacial score (nSPS) is 16.9. The second-order valence-electron chi connectivity index (χ2n) is 12.5. The lowest BCUT2D eigenvalue weighted by atomic mass is 9.98. The Kier molecular flexibility index (Phi) is 7.78. The molecule has 1 saturated heterocycles. The van der Waals surface area contributed by atoms with E-state index in [0.29, 0.717) is 11.4 Å². The highest BCUT2D eigenvalue weighted by Gasteiger charge is 2.39. The highest BCUT2D eigenvalue weighted by atomic mass is 35.5. The Hall–Kier alpha value is -4.43. The van der Waals surface area contributed by atoms with Gasteiger partial charge in [-0.05, 0) is 43.9 Å². The number of hydrogen-bond acceptors (Lipinski definition) is 8. The summed E-state index contributed by atoms with van der Waals surface area (Å²) in [5.41, 5.74) is 4.98. The molecule has 15 heteroatoms. The standard InChI is InChI=1S/C33H30ClF3N6O4S/c1-16(35)32(44)42-12-10-41(11-13-42)29-19-14-20(34)23(24-21(36)4-3-5-22(24)38)25(37)28(19)43(33(45)31(29)48(2,46)47)30-26(17-6-7-17)39-15-40-27(30)18-8-9-18/h3-5,14-15,17-18H,1,6-13,38H2,2H3. The van der Waals surface area contributed by atoms with Gasteiger partial charge in [-0.25, -0.2) is 31.6 Å². The van der Waals surface area contributed by atoms with Crippen molar-refractivity contribution in [2.45, 2.75) is 42.4 Å². The molecule has 1 aliphatic heterocycles. The second-order valence-corrected chi connectivity index (χ2v) is 14.8. The largest absolute Gasteiger partial charge is 0.398 e. The number of amides is 1. The molecule has 7 rings (SSSR count). The van der Waals surface area contributed by atoms with Crippen LogP contribution in [-0.4, -0.2) is 66.2 Å². The maximum Gasteiger partial charge on any atom is 0.282 e. The van der Waals surface area contributed by atoms with Crippen LogP contribution in [0.4, 0.5) is 24.5 Å². The lowest BCUT2D eigenvalue weighted by Gasteiger charge is -2.37. The molecule has 0 unspecified atom stereocenters. The minimum atomic E-state index is -4.33. The summed E-state index contributed by atoms with van der Waals surface area (Å²) in [7, 11) is -4.33. The van der Waals surface area contributed by atoms with Crippen LogP contribution in [0.25, 0.3) is 27.7 Å². The number of benzene rings is 2. The van der Waals surface area contributed by atoms with Crippen LogP contribution >= 0.6 is 11.6 Å². The number of piperazine rings is 1. The zero-order valence-electron chi connectivity index (χ0n) is 25.8. The number of fused-ring (bicyclic) bond motifs is 1. The van der Waals surface area contributed by atoms with Crippen LogP contribution in [-0.2, 0) is 14.6 Å². The van der Waals surface area contributed by atoms with Crippen molar-refractivity contribution in [1.29, 1.82) is 0 Å². The second kappa shape index (κ2) is 11.6. The van der Waals surface area contributed by atoms with E-state index in [0.717, 1.165) is 42.6 Å². The number of halogens is 4. The number of aromatic nitrogens is 3. The van der Waals surface area contributed by atoms with Crippen molar-refractivity contribution in [3.63, 3.8) is 0 Å². The molecule has 3 heterocycles. The molecule has 0 spiro atoms. The maximum absolute atomic E-state index is 17.5. The van der Waals surface area contributed by atoms with Crippen molar-refractivity contribution >= 4 is 49.6 Å². The number of carbonyl (C=O) groups is 1. The predicted octanol–water partition coefficient (Wildman–Crippen LogP) is 5.25. The number of pyridine rings is 1. The lowest BCUT2D eigenvalue weighted by molar-refractivity contribution is -0.128. The van der Waals surface area contributed by atoms with Gasteiger partial charge in [0.2, 0.25) is 0 Å². The van der Waals surface area contributed by atoms with Gasteiger partial charge in [-0.3, -0.25) is 14.2 Å².